The van der Waals surface area contributed by atoms with E-state index in [1.165, 1.54) is 25.0 Å². The Kier molecular flexibility index (Phi) is 4.92. The van der Waals surface area contributed by atoms with Crippen LogP contribution >= 0.6 is 0 Å². The Hall–Kier alpha value is -1.40. The number of hydrogen-bond acceptors (Lipinski definition) is 4. The van der Waals surface area contributed by atoms with E-state index in [-0.39, 0.29) is 16.8 Å². The molecule has 2 rings (SSSR count). The van der Waals surface area contributed by atoms with E-state index < -0.39 is 9.84 Å². The fraction of sp³-hybridized carbons (Fsp3) is 0.562. The van der Waals surface area contributed by atoms with Gasteiger partial charge in [-0.15, -0.1) is 0 Å². The highest BCUT2D eigenvalue weighted by Gasteiger charge is 2.29. The van der Waals surface area contributed by atoms with E-state index in [9.17, 15) is 13.2 Å². The van der Waals surface area contributed by atoms with Crippen molar-refractivity contribution in [3.8, 4) is 0 Å². The molecule has 0 spiro atoms. The standard InChI is InChI=1S/C16H24N2O3S/c1-11-5-8-14(22(4,20)21)9-15(11)16(19)17-10-12(2)18(3)13-6-7-13/h5,8-9,12-13H,6-7,10H2,1-4H3,(H,17,19)/t12-/m1/s1. The third kappa shape index (κ3) is 4.08. The van der Waals surface area contributed by atoms with Gasteiger partial charge in [-0.05, 0) is 51.4 Å². The molecule has 0 saturated heterocycles. The van der Waals surface area contributed by atoms with E-state index in [0.29, 0.717) is 18.2 Å². The zero-order chi connectivity index (χ0) is 16.5. The van der Waals surface area contributed by atoms with Gasteiger partial charge >= 0.3 is 0 Å². The molecule has 1 aromatic carbocycles. The van der Waals surface area contributed by atoms with Crippen molar-refractivity contribution in [2.75, 3.05) is 19.8 Å². The predicted octanol–water partition coefficient (Wildman–Crippen LogP) is 1.61. The molecule has 22 heavy (non-hydrogen) atoms. The van der Waals surface area contributed by atoms with Gasteiger partial charge in [0, 0.05) is 30.4 Å². The van der Waals surface area contributed by atoms with Crippen molar-refractivity contribution in [3.63, 3.8) is 0 Å². The van der Waals surface area contributed by atoms with Crippen LogP contribution in [0.2, 0.25) is 0 Å². The quantitative estimate of drug-likeness (QED) is 0.863. The maximum Gasteiger partial charge on any atom is 0.251 e. The summed E-state index contributed by atoms with van der Waals surface area (Å²) in [7, 11) is -1.24. The second-order valence-electron chi connectivity index (χ2n) is 6.20. The Morgan fingerprint density at radius 2 is 2.05 bits per heavy atom. The van der Waals surface area contributed by atoms with E-state index in [0.717, 1.165) is 11.8 Å². The van der Waals surface area contributed by atoms with Gasteiger partial charge in [0.2, 0.25) is 0 Å². The molecule has 1 amide bonds. The van der Waals surface area contributed by atoms with Crippen molar-refractivity contribution in [3.05, 3.63) is 29.3 Å². The van der Waals surface area contributed by atoms with Crippen LogP contribution in [-0.4, -0.2) is 51.2 Å². The topological polar surface area (TPSA) is 66.5 Å². The molecular weight excluding hydrogens is 300 g/mol. The van der Waals surface area contributed by atoms with Gasteiger partial charge in [0.15, 0.2) is 9.84 Å². The van der Waals surface area contributed by atoms with Crippen LogP contribution in [0.1, 0.15) is 35.7 Å². The van der Waals surface area contributed by atoms with Crippen LogP contribution in [0.15, 0.2) is 23.1 Å². The second kappa shape index (κ2) is 6.38. The van der Waals surface area contributed by atoms with Crippen molar-refractivity contribution >= 4 is 15.7 Å². The maximum absolute atomic E-state index is 12.3. The SMILES string of the molecule is Cc1ccc(S(C)(=O)=O)cc1C(=O)NC[C@@H](C)N(C)C1CC1. The van der Waals surface area contributed by atoms with Crippen LogP contribution in [0.4, 0.5) is 0 Å². The number of carbonyl (C=O) groups excluding carboxylic acids is 1. The van der Waals surface area contributed by atoms with Crippen LogP contribution in [0.25, 0.3) is 0 Å². The average molecular weight is 324 g/mol. The number of nitrogens with zero attached hydrogens (tertiary/aromatic N) is 1. The minimum Gasteiger partial charge on any atom is -0.350 e. The zero-order valence-corrected chi connectivity index (χ0v) is 14.4. The highest BCUT2D eigenvalue weighted by atomic mass is 32.2. The molecule has 1 saturated carbocycles. The first-order valence-electron chi connectivity index (χ1n) is 7.51. The van der Waals surface area contributed by atoms with Crippen LogP contribution in [0.3, 0.4) is 0 Å². The number of hydrogen-bond donors (Lipinski definition) is 1. The zero-order valence-electron chi connectivity index (χ0n) is 13.6. The van der Waals surface area contributed by atoms with Crippen molar-refractivity contribution < 1.29 is 13.2 Å². The Balaban J connectivity index is 2.05. The fourth-order valence-corrected chi connectivity index (χ4v) is 3.04. The number of sulfone groups is 1. The van der Waals surface area contributed by atoms with Gasteiger partial charge in [0.1, 0.15) is 0 Å². The number of carbonyl (C=O) groups is 1. The van der Waals surface area contributed by atoms with E-state index in [4.69, 9.17) is 0 Å². The Bertz CT molecular complexity index is 666. The summed E-state index contributed by atoms with van der Waals surface area (Å²) in [5, 5.41) is 2.91. The molecular formula is C16H24N2O3S. The number of amides is 1. The molecule has 0 bridgehead atoms. The number of benzene rings is 1. The molecule has 0 unspecified atom stereocenters. The van der Waals surface area contributed by atoms with Crippen molar-refractivity contribution in [2.24, 2.45) is 0 Å². The van der Waals surface area contributed by atoms with E-state index in [1.54, 1.807) is 13.0 Å². The van der Waals surface area contributed by atoms with Crippen molar-refractivity contribution in [2.45, 2.75) is 43.7 Å². The van der Waals surface area contributed by atoms with Gasteiger partial charge in [0.25, 0.3) is 5.91 Å². The lowest BCUT2D eigenvalue weighted by Crippen LogP contribution is -2.41. The van der Waals surface area contributed by atoms with Gasteiger partial charge in [-0.2, -0.15) is 0 Å². The summed E-state index contributed by atoms with van der Waals surface area (Å²) in [5.74, 6) is -0.223. The first-order chi connectivity index (χ1) is 10.2. The van der Waals surface area contributed by atoms with Crippen LogP contribution in [0.5, 0.6) is 0 Å². The molecule has 122 valence electrons. The molecule has 6 heteroatoms. The Morgan fingerprint density at radius 3 is 2.59 bits per heavy atom. The third-order valence-corrected chi connectivity index (χ3v) is 5.37. The lowest BCUT2D eigenvalue weighted by atomic mass is 10.1. The van der Waals surface area contributed by atoms with Gasteiger partial charge in [-0.3, -0.25) is 9.69 Å². The molecule has 0 aromatic heterocycles. The van der Waals surface area contributed by atoms with Crippen LogP contribution < -0.4 is 5.32 Å². The average Bonchev–Trinajstić information content (AvgIpc) is 3.27. The molecule has 1 N–H and O–H groups in total. The first kappa shape index (κ1) is 17.0. The molecule has 1 aliphatic rings. The molecule has 0 radical (unpaired) electrons. The lowest BCUT2D eigenvalue weighted by molar-refractivity contribution is 0.0938. The maximum atomic E-state index is 12.3. The molecule has 1 aliphatic carbocycles. The summed E-state index contributed by atoms with van der Waals surface area (Å²) >= 11 is 0. The van der Waals surface area contributed by atoms with Gasteiger partial charge in [0.05, 0.1) is 4.90 Å². The number of nitrogens with one attached hydrogen (secondary N) is 1. The third-order valence-electron chi connectivity index (χ3n) is 4.26. The van der Waals surface area contributed by atoms with Crippen molar-refractivity contribution in [1.29, 1.82) is 0 Å². The largest absolute Gasteiger partial charge is 0.350 e. The highest BCUT2D eigenvalue weighted by Crippen LogP contribution is 2.26. The smallest absolute Gasteiger partial charge is 0.251 e. The van der Waals surface area contributed by atoms with E-state index >= 15 is 0 Å². The molecule has 1 aromatic rings. The molecule has 1 fully saturated rings. The van der Waals surface area contributed by atoms with E-state index in [1.807, 2.05) is 0 Å². The summed E-state index contributed by atoms with van der Waals surface area (Å²) in [6.07, 6.45) is 3.60. The summed E-state index contributed by atoms with van der Waals surface area (Å²) in [6.45, 7) is 4.44. The molecule has 0 aliphatic heterocycles. The Labute approximate surface area is 132 Å². The summed E-state index contributed by atoms with van der Waals surface area (Å²) in [4.78, 5) is 14.8. The van der Waals surface area contributed by atoms with E-state index in [2.05, 4.69) is 24.2 Å². The molecule has 5 nitrogen and oxygen atoms in total. The van der Waals surface area contributed by atoms with Gasteiger partial charge < -0.3 is 5.32 Å². The van der Waals surface area contributed by atoms with Gasteiger partial charge in [-0.1, -0.05) is 6.07 Å². The number of aryl methyl sites for hydroxylation is 1. The first-order valence-corrected chi connectivity index (χ1v) is 9.40. The Morgan fingerprint density at radius 1 is 1.41 bits per heavy atom. The van der Waals surface area contributed by atoms with Crippen LogP contribution in [0, 0.1) is 6.92 Å². The highest BCUT2D eigenvalue weighted by molar-refractivity contribution is 7.90. The minimum atomic E-state index is -3.31. The minimum absolute atomic E-state index is 0.173. The summed E-state index contributed by atoms with van der Waals surface area (Å²) in [6, 6.07) is 5.56. The van der Waals surface area contributed by atoms with Gasteiger partial charge in [-0.25, -0.2) is 8.42 Å². The molecule has 0 heterocycles. The number of likely N-dealkylation sites (N-methyl/N-ethyl adjacent to an activating group) is 1. The normalized spacial score (nSPS) is 16.6. The monoisotopic (exact) mass is 324 g/mol. The lowest BCUT2D eigenvalue weighted by Gasteiger charge is -2.24. The fourth-order valence-electron chi connectivity index (χ4n) is 2.40. The van der Waals surface area contributed by atoms with Crippen LogP contribution in [-0.2, 0) is 9.84 Å². The van der Waals surface area contributed by atoms with Crippen molar-refractivity contribution in [1.82, 2.24) is 10.2 Å². The summed E-state index contributed by atoms with van der Waals surface area (Å²) < 4.78 is 23.2. The summed E-state index contributed by atoms with van der Waals surface area (Å²) in [5.41, 5.74) is 1.19. The predicted molar refractivity (Wildman–Crippen MR) is 86.9 cm³/mol. The molecule has 1 atom stereocenters. The second-order valence-corrected chi connectivity index (χ2v) is 8.22. The number of rotatable bonds is 6.